The molecule has 1 amide bonds. The van der Waals surface area contributed by atoms with E-state index in [4.69, 9.17) is 10.5 Å². The summed E-state index contributed by atoms with van der Waals surface area (Å²) in [5.41, 5.74) is 6.86. The number of hydrogen-bond donors (Lipinski definition) is 1. The second kappa shape index (κ2) is 5.97. The van der Waals surface area contributed by atoms with Crippen molar-refractivity contribution in [3.05, 3.63) is 29.6 Å². The van der Waals surface area contributed by atoms with Gasteiger partial charge in [-0.1, -0.05) is 6.42 Å². The number of likely N-dealkylation sites (tertiary alicyclic amines) is 1. The zero-order chi connectivity index (χ0) is 17.7. The van der Waals surface area contributed by atoms with Crippen LogP contribution in [0.2, 0.25) is 0 Å². The number of ether oxygens (including phenoxy) is 1. The Morgan fingerprint density at radius 1 is 1.36 bits per heavy atom. The van der Waals surface area contributed by atoms with E-state index in [9.17, 15) is 9.18 Å². The van der Waals surface area contributed by atoms with Crippen LogP contribution in [0.3, 0.4) is 0 Å². The number of hydrogen-bond acceptors (Lipinski definition) is 3. The number of carbonyl (C=O) groups excluding carboxylic acids is 1. The molecule has 2 atom stereocenters. The molecule has 4 rings (SSSR count). The fraction of sp³-hybridized carbons (Fsp3) is 0.650. The van der Waals surface area contributed by atoms with Crippen LogP contribution in [0, 0.1) is 16.6 Å². The lowest BCUT2D eigenvalue weighted by Crippen LogP contribution is -2.48. The van der Waals surface area contributed by atoms with Crippen LogP contribution in [-0.4, -0.2) is 37.6 Å². The lowest BCUT2D eigenvalue weighted by atomic mass is 9.74. The predicted molar refractivity (Wildman–Crippen MR) is 93.9 cm³/mol. The Balaban J connectivity index is 1.52. The first-order chi connectivity index (χ1) is 12.0. The predicted octanol–water partition coefficient (Wildman–Crippen LogP) is 3.06. The highest BCUT2D eigenvalue weighted by atomic mass is 19.1. The summed E-state index contributed by atoms with van der Waals surface area (Å²) in [4.78, 5) is 15.2. The Morgan fingerprint density at radius 2 is 2.16 bits per heavy atom. The van der Waals surface area contributed by atoms with Crippen LogP contribution in [0.1, 0.15) is 50.0 Å². The van der Waals surface area contributed by atoms with Crippen molar-refractivity contribution >= 4 is 5.91 Å². The van der Waals surface area contributed by atoms with Crippen molar-refractivity contribution in [2.75, 3.05) is 26.7 Å². The molecule has 2 aliphatic carbocycles. The molecule has 2 N–H and O–H groups in total. The van der Waals surface area contributed by atoms with Crippen LogP contribution in [0.5, 0.6) is 5.75 Å². The summed E-state index contributed by atoms with van der Waals surface area (Å²) < 4.78 is 19.1. The number of methoxy groups -OCH3 is 1. The van der Waals surface area contributed by atoms with Gasteiger partial charge in [-0.3, -0.25) is 4.79 Å². The summed E-state index contributed by atoms with van der Waals surface area (Å²) in [6, 6.07) is 4.86. The molecule has 0 radical (unpaired) electrons. The molecular formula is C20H27FN2O2. The number of rotatable bonds is 4. The topological polar surface area (TPSA) is 55.6 Å². The van der Waals surface area contributed by atoms with Crippen LogP contribution < -0.4 is 10.5 Å². The van der Waals surface area contributed by atoms with Crippen molar-refractivity contribution < 1.29 is 13.9 Å². The van der Waals surface area contributed by atoms with E-state index in [1.54, 1.807) is 13.2 Å². The van der Waals surface area contributed by atoms with Crippen molar-refractivity contribution in [2.45, 2.75) is 44.4 Å². The molecule has 1 saturated heterocycles. The summed E-state index contributed by atoms with van der Waals surface area (Å²) in [6.45, 7) is 1.91. The van der Waals surface area contributed by atoms with E-state index in [0.717, 1.165) is 44.2 Å². The molecule has 1 aliphatic heterocycles. The summed E-state index contributed by atoms with van der Waals surface area (Å²) >= 11 is 0. The van der Waals surface area contributed by atoms with Crippen LogP contribution in [0.15, 0.2) is 18.2 Å². The van der Waals surface area contributed by atoms with Crippen molar-refractivity contribution in [1.82, 2.24) is 4.90 Å². The molecule has 2 saturated carbocycles. The Labute approximate surface area is 148 Å². The molecule has 1 spiro atoms. The lowest BCUT2D eigenvalue weighted by Gasteiger charge is -2.38. The number of nitrogens with zero attached hydrogens (tertiary/aromatic N) is 1. The zero-order valence-electron chi connectivity index (χ0n) is 14.9. The van der Waals surface area contributed by atoms with E-state index in [-0.39, 0.29) is 28.5 Å². The van der Waals surface area contributed by atoms with E-state index in [1.165, 1.54) is 12.5 Å². The van der Waals surface area contributed by atoms with Crippen LogP contribution in [0.25, 0.3) is 0 Å². The van der Waals surface area contributed by atoms with Gasteiger partial charge in [-0.25, -0.2) is 4.39 Å². The van der Waals surface area contributed by atoms with Gasteiger partial charge in [0.2, 0.25) is 5.91 Å². The number of nitrogens with two attached hydrogens (primary N) is 1. The number of halogens is 1. The van der Waals surface area contributed by atoms with Gasteiger partial charge in [0.15, 0.2) is 0 Å². The second-order valence-corrected chi connectivity index (χ2v) is 8.11. The number of benzene rings is 1. The van der Waals surface area contributed by atoms with Crippen molar-refractivity contribution in [3.63, 3.8) is 0 Å². The van der Waals surface area contributed by atoms with Crippen molar-refractivity contribution in [1.29, 1.82) is 0 Å². The maximum atomic E-state index is 13.9. The molecule has 4 nitrogen and oxygen atoms in total. The molecule has 1 aromatic rings. The van der Waals surface area contributed by atoms with E-state index in [2.05, 4.69) is 0 Å². The first kappa shape index (κ1) is 16.8. The van der Waals surface area contributed by atoms with Gasteiger partial charge < -0.3 is 15.4 Å². The maximum Gasteiger partial charge on any atom is 0.230 e. The van der Waals surface area contributed by atoms with Gasteiger partial charge in [0, 0.05) is 31.6 Å². The highest BCUT2D eigenvalue weighted by Gasteiger charge is 2.73. The molecule has 1 heterocycles. The van der Waals surface area contributed by atoms with E-state index in [0.29, 0.717) is 18.8 Å². The van der Waals surface area contributed by atoms with Crippen molar-refractivity contribution in [2.24, 2.45) is 16.6 Å². The Hall–Kier alpha value is -1.62. The highest BCUT2D eigenvalue weighted by Crippen LogP contribution is 2.74. The monoisotopic (exact) mass is 346 g/mol. The minimum Gasteiger partial charge on any atom is -0.497 e. The molecule has 0 aromatic heterocycles. The molecule has 3 aliphatic rings. The summed E-state index contributed by atoms with van der Waals surface area (Å²) in [5, 5.41) is 0. The third-order valence-electron chi connectivity index (χ3n) is 6.91. The SMILES string of the molecule is COc1cc(F)cc(C2CCCN(C(=O)C3(CN)CC34CCC4)C2)c1. The third-order valence-corrected chi connectivity index (χ3v) is 6.91. The van der Waals surface area contributed by atoms with Gasteiger partial charge in [0.1, 0.15) is 11.6 Å². The van der Waals surface area contributed by atoms with Gasteiger partial charge in [0.05, 0.1) is 12.5 Å². The van der Waals surface area contributed by atoms with Gasteiger partial charge in [-0.2, -0.15) is 0 Å². The molecule has 1 aromatic carbocycles. The fourth-order valence-electron chi connectivity index (χ4n) is 5.15. The Morgan fingerprint density at radius 3 is 2.76 bits per heavy atom. The van der Waals surface area contributed by atoms with E-state index in [1.807, 2.05) is 11.0 Å². The molecule has 25 heavy (non-hydrogen) atoms. The maximum absolute atomic E-state index is 13.9. The molecule has 5 heteroatoms. The van der Waals surface area contributed by atoms with Crippen LogP contribution >= 0.6 is 0 Å². The smallest absolute Gasteiger partial charge is 0.230 e. The first-order valence-electron chi connectivity index (χ1n) is 9.37. The summed E-state index contributed by atoms with van der Waals surface area (Å²) in [6.07, 6.45) is 6.40. The van der Waals surface area contributed by atoms with Gasteiger partial charge >= 0.3 is 0 Å². The van der Waals surface area contributed by atoms with Crippen LogP contribution in [-0.2, 0) is 4.79 Å². The molecule has 0 bridgehead atoms. The molecule has 2 unspecified atom stereocenters. The average Bonchev–Trinajstić information content (AvgIpc) is 3.32. The second-order valence-electron chi connectivity index (χ2n) is 8.11. The summed E-state index contributed by atoms with van der Waals surface area (Å²) in [5.74, 6) is 0.648. The summed E-state index contributed by atoms with van der Waals surface area (Å²) in [7, 11) is 1.55. The number of carbonyl (C=O) groups is 1. The quantitative estimate of drug-likeness (QED) is 0.912. The standard InChI is InChI=1S/C20H27FN2O2/c1-25-17-9-15(8-16(21)10-17)14-4-2-7-23(11-14)18(24)20(13-22)12-19(20)5-3-6-19/h8-10,14H,2-7,11-13,22H2,1H3. The van der Waals surface area contributed by atoms with E-state index < -0.39 is 0 Å². The number of amides is 1. The van der Waals surface area contributed by atoms with Crippen LogP contribution in [0.4, 0.5) is 4.39 Å². The minimum absolute atomic E-state index is 0.160. The van der Waals surface area contributed by atoms with Gasteiger partial charge in [-0.05, 0) is 55.2 Å². The molecule has 136 valence electrons. The highest BCUT2D eigenvalue weighted by molar-refractivity contribution is 5.88. The average molecular weight is 346 g/mol. The van der Waals surface area contributed by atoms with Gasteiger partial charge in [0.25, 0.3) is 0 Å². The normalized spacial score (nSPS) is 30.0. The minimum atomic E-state index is -0.313. The van der Waals surface area contributed by atoms with Crippen molar-refractivity contribution in [3.8, 4) is 5.75 Å². The Kier molecular flexibility index (Phi) is 4.02. The first-order valence-corrected chi connectivity index (χ1v) is 9.37. The van der Waals surface area contributed by atoms with E-state index >= 15 is 0 Å². The number of piperidine rings is 1. The molecular weight excluding hydrogens is 319 g/mol. The Bertz CT molecular complexity index is 688. The zero-order valence-corrected chi connectivity index (χ0v) is 14.9. The fourth-order valence-corrected chi connectivity index (χ4v) is 5.15. The lowest BCUT2D eigenvalue weighted by molar-refractivity contribution is -0.140. The van der Waals surface area contributed by atoms with Gasteiger partial charge in [-0.15, -0.1) is 0 Å². The third kappa shape index (κ3) is 2.55. The molecule has 3 fully saturated rings. The largest absolute Gasteiger partial charge is 0.497 e.